The molecule has 2 atom stereocenters. The lowest BCUT2D eigenvalue weighted by molar-refractivity contribution is -0.152. The molecule has 10 heteroatoms. The van der Waals surface area contributed by atoms with E-state index < -0.39 is 17.3 Å². The number of thioether (sulfide) groups is 1. The quantitative estimate of drug-likeness (QED) is 0.287. The molecule has 8 nitrogen and oxygen atoms in total. The second kappa shape index (κ2) is 13.7. The maximum Gasteiger partial charge on any atom is 0.303 e. The second-order valence-electron chi connectivity index (χ2n) is 10.3. The summed E-state index contributed by atoms with van der Waals surface area (Å²) in [4.78, 5) is 33.8. The number of esters is 1. The normalized spacial score (nSPS) is 19.2. The van der Waals surface area contributed by atoms with E-state index in [1.165, 1.54) is 24.4 Å². The highest BCUT2D eigenvalue weighted by Gasteiger charge is 2.41. The highest BCUT2D eigenvalue weighted by Crippen LogP contribution is 2.47. The van der Waals surface area contributed by atoms with E-state index in [0.717, 1.165) is 61.0 Å². The number of nitrogens with zero attached hydrogens (tertiary/aromatic N) is 3. The average Bonchev–Trinajstić information content (AvgIpc) is 3.11. The number of piperazine rings is 1. The van der Waals surface area contributed by atoms with Crippen molar-refractivity contribution in [1.82, 2.24) is 4.90 Å². The predicted octanol–water partition coefficient (Wildman–Crippen LogP) is 5.68. The third kappa shape index (κ3) is 6.97. The van der Waals surface area contributed by atoms with Crippen LogP contribution in [0.25, 0.3) is 0 Å². The van der Waals surface area contributed by atoms with Gasteiger partial charge in [0.05, 0.1) is 25.2 Å². The van der Waals surface area contributed by atoms with Crippen LogP contribution >= 0.6 is 23.4 Å². The van der Waals surface area contributed by atoms with Gasteiger partial charge in [0.1, 0.15) is 11.5 Å². The smallest absolute Gasteiger partial charge is 0.303 e. The third-order valence-electron chi connectivity index (χ3n) is 7.65. The van der Waals surface area contributed by atoms with Gasteiger partial charge in [-0.1, -0.05) is 23.7 Å². The molecular formula is C32H36ClN3O5S. The van der Waals surface area contributed by atoms with E-state index >= 15 is 0 Å². The fourth-order valence-corrected chi connectivity index (χ4v) is 7.03. The van der Waals surface area contributed by atoms with Gasteiger partial charge in [0.25, 0.3) is 5.91 Å². The predicted molar refractivity (Wildman–Crippen MR) is 167 cm³/mol. The first-order valence-electron chi connectivity index (χ1n) is 14.1. The van der Waals surface area contributed by atoms with E-state index in [2.05, 4.69) is 21.9 Å². The molecular weight excluding hydrogens is 574 g/mol. The maximum absolute atomic E-state index is 14.1. The first kappa shape index (κ1) is 30.1. The Kier molecular flexibility index (Phi) is 9.82. The molecule has 0 aromatic heterocycles. The molecule has 0 aliphatic carbocycles. The summed E-state index contributed by atoms with van der Waals surface area (Å²) in [6, 6.07) is 21.3. The van der Waals surface area contributed by atoms with Crippen LogP contribution in [0.2, 0.25) is 5.02 Å². The van der Waals surface area contributed by atoms with Crippen molar-refractivity contribution < 1.29 is 23.8 Å². The van der Waals surface area contributed by atoms with Crippen LogP contribution in [-0.4, -0.2) is 76.4 Å². The summed E-state index contributed by atoms with van der Waals surface area (Å²) < 4.78 is 16.3. The van der Waals surface area contributed by atoms with Gasteiger partial charge in [-0.3, -0.25) is 14.5 Å². The summed E-state index contributed by atoms with van der Waals surface area (Å²) in [5.41, 5.74) is 2.84. The number of ether oxygens (including phenoxy) is 3. The Morgan fingerprint density at radius 3 is 2.17 bits per heavy atom. The highest BCUT2D eigenvalue weighted by molar-refractivity contribution is 7.99. The van der Waals surface area contributed by atoms with Gasteiger partial charge in [-0.2, -0.15) is 0 Å². The van der Waals surface area contributed by atoms with Crippen molar-refractivity contribution >= 4 is 46.6 Å². The number of anilines is 2. The van der Waals surface area contributed by atoms with Crippen molar-refractivity contribution in [2.24, 2.45) is 0 Å². The van der Waals surface area contributed by atoms with Gasteiger partial charge in [-0.05, 0) is 73.1 Å². The summed E-state index contributed by atoms with van der Waals surface area (Å²) in [6.45, 7) is 6.45. The fraction of sp³-hybridized carbons (Fsp3) is 0.375. The highest BCUT2D eigenvalue weighted by atomic mass is 35.5. The van der Waals surface area contributed by atoms with E-state index in [1.54, 1.807) is 25.2 Å². The number of benzene rings is 3. The van der Waals surface area contributed by atoms with Crippen molar-refractivity contribution in [3.63, 3.8) is 0 Å². The standard InChI is InChI=1S/C32H36ClN3O5S/c1-22(37)41-30-31(23-5-10-26(39-2)11-6-23)42-29-21-24(33)7-14-28(29)36(32(30)38)16-4-15-34-17-19-35(20-18-34)25-8-12-27(40-3)13-9-25/h5-14,21,30-31H,4,15-20H2,1-3H3/t30-,31+/m1/s1. The van der Waals surface area contributed by atoms with Crippen LogP contribution in [0.4, 0.5) is 11.4 Å². The number of carbonyl (C=O) groups excluding carboxylic acids is 2. The Morgan fingerprint density at radius 1 is 0.905 bits per heavy atom. The molecule has 222 valence electrons. The molecule has 1 amide bonds. The number of fused-ring (bicyclic) bond motifs is 1. The Hall–Kier alpha value is -3.40. The van der Waals surface area contributed by atoms with E-state index in [9.17, 15) is 9.59 Å². The molecule has 0 saturated carbocycles. The van der Waals surface area contributed by atoms with Gasteiger partial charge < -0.3 is 24.0 Å². The van der Waals surface area contributed by atoms with Crippen molar-refractivity contribution in [2.45, 2.75) is 29.6 Å². The SMILES string of the molecule is COc1ccc([C@@H]2Sc3cc(Cl)ccc3N(CCCN3CCN(c4ccc(OC)cc4)CC3)C(=O)[C@@H]2OC(C)=O)cc1. The number of methoxy groups -OCH3 is 2. The van der Waals surface area contributed by atoms with Gasteiger partial charge in [-0.25, -0.2) is 0 Å². The van der Waals surface area contributed by atoms with Gasteiger partial charge in [-0.15, -0.1) is 11.8 Å². The number of amides is 1. The lowest BCUT2D eigenvalue weighted by atomic mass is 10.1. The Labute approximate surface area is 256 Å². The number of hydrogen-bond donors (Lipinski definition) is 0. The van der Waals surface area contributed by atoms with E-state index in [1.807, 2.05) is 48.5 Å². The maximum atomic E-state index is 14.1. The van der Waals surface area contributed by atoms with Crippen molar-refractivity contribution in [2.75, 3.05) is 63.3 Å². The Balaban J connectivity index is 1.29. The largest absolute Gasteiger partial charge is 0.497 e. The molecule has 5 rings (SSSR count). The summed E-state index contributed by atoms with van der Waals surface area (Å²) in [5.74, 6) is 0.839. The first-order chi connectivity index (χ1) is 20.4. The molecule has 0 N–H and O–H groups in total. The molecule has 3 aromatic carbocycles. The summed E-state index contributed by atoms with van der Waals surface area (Å²) in [5, 5.41) is 0.142. The minimum Gasteiger partial charge on any atom is -0.497 e. The monoisotopic (exact) mass is 609 g/mol. The van der Waals surface area contributed by atoms with Gasteiger partial charge >= 0.3 is 5.97 Å². The third-order valence-corrected chi connectivity index (χ3v) is 9.24. The average molecular weight is 610 g/mol. The topological polar surface area (TPSA) is 71.6 Å². The van der Waals surface area contributed by atoms with Crippen LogP contribution in [0.3, 0.4) is 0 Å². The number of rotatable bonds is 9. The zero-order chi connectivity index (χ0) is 29.6. The molecule has 0 unspecified atom stereocenters. The first-order valence-corrected chi connectivity index (χ1v) is 15.3. The van der Waals surface area contributed by atoms with Gasteiger partial charge in [0.2, 0.25) is 0 Å². The molecule has 3 aromatic rings. The van der Waals surface area contributed by atoms with Crippen molar-refractivity contribution in [3.8, 4) is 11.5 Å². The van der Waals surface area contributed by atoms with Crippen LogP contribution in [-0.2, 0) is 14.3 Å². The molecule has 0 spiro atoms. The Morgan fingerprint density at radius 2 is 1.55 bits per heavy atom. The second-order valence-corrected chi connectivity index (χ2v) is 11.9. The van der Waals surface area contributed by atoms with Crippen LogP contribution in [0.1, 0.15) is 24.2 Å². The molecule has 1 fully saturated rings. The van der Waals surface area contributed by atoms with Gasteiger partial charge in [0.15, 0.2) is 6.10 Å². The minimum absolute atomic E-state index is 0.232. The zero-order valence-electron chi connectivity index (χ0n) is 24.1. The summed E-state index contributed by atoms with van der Waals surface area (Å²) in [6.07, 6.45) is -0.207. The molecule has 1 saturated heterocycles. The van der Waals surface area contributed by atoms with Crippen molar-refractivity contribution in [1.29, 1.82) is 0 Å². The zero-order valence-corrected chi connectivity index (χ0v) is 25.7. The fourth-order valence-electron chi connectivity index (χ4n) is 5.44. The van der Waals surface area contributed by atoms with Crippen LogP contribution in [0.15, 0.2) is 71.6 Å². The lowest BCUT2D eigenvalue weighted by Gasteiger charge is -2.36. The molecule has 0 bridgehead atoms. The Bertz CT molecular complexity index is 1380. The molecule has 2 heterocycles. The van der Waals surface area contributed by atoms with E-state index in [-0.39, 0.29) is 5.91 Å². The molecule has 2 aliphatic heterocycles. The summed E-state index contributed by atoms with van der Waals surface area (Å²) >= 11 is 7.90. The molecule has 2 aliphatic rings. The minimum atomic E-state index is -0.986. The van der Waals surface area contributed by atoms with Crippen LogP contribution < -0.4 is 19.3 Å². The number of carbonyl (C=O) groups is 2. The van der Waals surface area contributed by atoms with E-state index in [0.29, 0.717) is 17.3 Å². The summed E-state index contributed by atoms with van der Waals surface area (Å²) in [7, 11) is 3.28. The lowest BCUT2D eigenvalue weighted by Crippen LogP contribution is -2.47. The van der Waals surface area contributed by atoms with Gasteiger partial charge in [0, 0.05) is 55.3 Å². The number of hydrogen-bond acceptors (Lipinski definition) is 8. The molecule has 42 heavy (non-hydrogen) atoms. The van der Waals surface area contributed by atoms with Crippen LogP contribution in [0.5, 0.6) is 11.5 Å². The van der Waals surface area contributed by atoms with Crippen molar-refractivity contribution in [3.05, 3.63) is 77.3 Å². The molecule has 0 radical (unpaired) electrons. The van der Waals surface area contributed by atoms with E-state index in [4.69, 9.17) is 25.8 Å². The number of halogens is 1. The van der Waals surface area contributed by atoms with Crippen LogP contribution in [0, 0.1) is 0 Å².